The molecule has 1 aliphatic heterocycles. The lowest BCUT2D eigenvalue weighted by atomic mass is 10.0. The van der Waals surface area contributed by atoms with Gasteiger partial charge in [0.2, 0.25) is 5.91 Å². The maximum atomic E-state index is 15.0. The average molecular weight is 530 g/mol. The quantitative estimate of drug-likeness (QED) is 0.451. The summed E-state index contributed by atoms with van der Waals surface area (Å²) < 4.78 is 39.2. The van der Waals surface area contributed by atoms with Crippen molar-refractivity contribution in [1.82, 2.24) is 4.90 Å². The maximum Gasteiger partial charge on any atom is 0.322 e. The Morgan fingerprint density at radius 3 is 2.42 bits per heavy atom. The summed E-state index contributed by atoms with van der Waals surface area (Å²) >= 11 is 5.89. The molecule has 0 radical (unpaired) electrons. The van der Waals surface area contributed by atoms with Gasteiger partial charge in [0, 0.05) is 29.1 Å². The Morgan fingerprint density at radius 1 is 1.00 bits per heavy atom. The zero-order valence-corrected chi connectivity index (χ0v) is 21.1. The first-order valence-corrected chi connectivity index (χ1v) is 13.6. The van der Waals surface area contributed by atoms with Gasteiger partial charge in [-0.1, -0.05) is 35.9 Å². The second-order valence-corrected chi connectivity index (χ2v) is 11.0. The highest BCUT2D eigenvalue weighted by atomic mass is 35.5. The van der Waals surface area contributed by atoms with Crippen LogP contribution in [0.15, 0.2) is 71.6 Å². The number of benzene rings is 3. The van der Waals surface area contributed by atoms with Crippen molar-refractivity contribution in [3.8, 4) is 11.1 Å². The average Bonchev–Trinajstić information content (AvgIpc) is 2.86. The number of nitrogens with one attached hydrogen (secondary N) is 2. The van der Waals surface area contributed by atoms with Crippen molar-refractivity contribution < 1.29 is 22.4 Å². The molecule has 7 nitrogen and oxygen atoms in total. The van der Waals surface area contributed by atoms with Crippen LogP contribution in [0.4, 0.5) is 20.6 Å². The van der Waals surface area contributed by atoms with Crippen LogP contribution in [0.25, 0.3) is 11.1 Å². The Labute approximate surface area is 214 Å². The number of nitrogens with zero attached hydrogens (tertiary/aromatic N) is 1. The molecule has 0 aromatic heterocycles. The fourth-order valence-electron chi connectivity index (χ4n) is 4.20. The first kappa shape index (κ1) is 25.7. The van der Waals surface area contributed by atoms with Crippen molar-refractivity contribution in [2.45, 2.75) is 30.2 Å². The maximum absolute atomic E-state index is 15.0. The number of urea groups is 1. The number of halogens is 2. The monoisotopic (exact) mass is 529 g/mol. The third-order valence-corrected chi connectivity index (χ3v) is 7.39. The largest absolute Gasteiger partial charge is 0.322 e. The van der Waals surface area contributed by atoms with Crippen LogP contribution in [0.1, 0.15) is 19.3 Å². The van der Waals surface area contributed by atoms with Gasteiger partial charge in [0.25, 0.3) is 0 Å². The molecule has 4 rings (SSSR count). The number of hydrogen-bond acceptors (Lipinski definition) is 4. The summed E-state index contributed by atoms with van der Waals surface area (Å²) in [5.41, 5.74) is 1.23. The van der Waals surface area contributed by atoms with E-state index in [1.165, 1.54) is 23.1 Å². The molecule has 0 saturated carbocycles. The summed E-state index contributed by atoms with van der Waals surface area (Å²) in [5.74, 6) is -1.21. The first-order chi connectivity index (χ1) is 17.1. The Bertz CT molecular complexity index is 1400. The van der Waals surface area contributed by atoms with E-state index >= 15 is 0 Å². The van der Waals surface area contributed by atoms with Gasteiger partial charge in [-0.3, -0.25) is 4.79 Å². The smallest absolute Gasteiger partial charge is 0.322 e. The molecule has 10 heteroatoms. The lowest BCUT2D eigenvalue weighted by Crippen LogP contribution is -2.51. The van der Waals surface area contributed by atoms with E-state index in [9.17, 15) is 22.4 Å². The summed E-state index contributed by atoms with van der Waals surface area (Å²) in [6.45, 7) is 0.390. The zero-order chi connectivity index (χ0) is 25.9. The fourth-order valence-corrected chi connectivity index (χ4v) is 5.24. The van der Waals surface area contributed by atoms with Crippen molar-refractivity contribution in [1.29, 1.82) is 0 Å². The van der Waals surface area contributed by atoms with Crippen LogP contribution in [0.2, 0.25) is 5.02 Å². The molecule has 3 amide bonds. The third kappa shape index (κ3) is 5.85. The molecular formula is C26H25ClFN3O4S. The highest BCUT2D eigenvalue weighted by molar-refractivity contribution is 7.90. The van der Waals surface area contributed by atoms with E-state index in [0.29, 0.717) is 34.8 Å². The number of amides is 3. The number of rotatable bonds is 5. The Hall–Kier alpha value is -3.43. The highest BCUT2D eigenvalue weighted by Crippen LogP contribution is 2.30. The van der Waals surface area contributed by atoms with Crippen LogP contribution >= 0.6 is 11.6 Å². The molecule has 1 atom stereocenters. The minimum atomic E-state index is -3.52. The summed E-state index contributed by atoms with van der Waals surface area (Å²) in [5, 5.41) is 5.89. The van der Waals surface area contributed by atoms with E-state index in [1.807, 2.05) is 0 Å². The summed E-state index contributed by atoms with van der Waals surface area (Å²) in [7, 11) is -3.52. The van der Waals surface area contributed by atoms with Crippen molar-refractivity contribution in [3.05, 3.63) is 77.6 Å². The van der Waals surface area contributed by atoms with Gasteiger partial charge in [-0.25, -0.2) is 17.6 Å². The molecule has 0 aliphatic carbocycles. The Morgan fingerprint density at radius 2 is 1.72 bits per heavy atom. The fraction of sp³-hybridized carbons (Fsp3) is 0.231. The van der Waals surface area contributed by atoms with E-state index < -0.39 is 33.6 Å². The normalized spacial score (nSPS) is 15.9. The minimum absolute atomic E-state index is 0.0516. The number of hydrogen-bond donors (Lipinski definition) is 2. The standard InChI is InChI=1S/C26H25ClFN3O4S/c1-36(34,35)24-8-3-2-6-20(24)17-9-14-22(21(28)16-17)30-25(32)23-7-4-5-15-31(23)26(33)29-19-12-10-18(27)11-13-19/h2-3,6,8-14,16,23H,4-5,7,15H2,1H3,(H,29,33)(H,30,32). The number of carbonyl (C=O) groups is 2. The van der Waals surface area contributed by atoms with Crippen LogP contribution in [0.3, 0.4) is 0 Å². The van der Waals surface area contributed by atoms with Crippen molar-refractivity contribution in [2.24, 2.45) is 0 Å². The molecule has 188 valence electrons. The molecule has 2 N–H and O–H groups in total. The number of carbonyl (C=O) groups excluding carboxylic acids is 2. The van der Waals surface area contributed by atoms with Crippen LogP contribution < -0.4 is 10.6 Å². The van der Waals surface area contributed by atoms with Gasteiger partial charge in [-0.2, -0.15) is 0 Å². The topological polar surface area (TPSA) is 95.6 Å². The summed E-state index contributed by atoms with van der Waals surface area (Å²) in [6, 6.07) is 15.9. The predicted molar refractivity (Wildman–Crippen MR) is 138 cm³/mol. The van der Waals surface area contributed by atoms with Gasteiger partial charge < -0.3 is 15.5 Å². The van der Waals surface area contributed by atoms with E-state index in [-0.39, 0.29) is 10.6 Å². The van der Waals surface area contributed by atoms with E-state index in [4.69, 9.17) is 11.6 Å². The van der Waals surface area contributed by atoms with E-state index in [1.54, 1.807) is 48.5 Å². The summed E-state index contributed by atoms with van der Waals surface area (Å²) in [6.07, 6.45) is 3.05. The van der Waals surface area contributed by atoms with Crippen molar-refractivity contribution in [2.75, 3.05) is 23.4 Å². The van der Waals surface area contributed by atoms with Gasteiger partial charge in [0.05, 0.1) is 10.6 Å². The zero-order valence-electron chi connectivity index (χ0n) is 19.5. The number of anilines is 2. The molecule has 1 aliphatic rings. The van der Waals surface area contributed by atoms with Gasteiger partial charge in [-0.15, -0.1) is 0 Å². The van der Waals surface area contributed by atoms with Gasteiger partial charge >= 0.3 is 6.03 Å². The number of likely N-dealkylation sites (tertiary alicyclic amines) is 1. The molecule has 1 saturated heterocycles. The molecule has 0 bridgehead atoms. The lowest BCUT2D eigenvalue weighted by Gasteiger charge is -2.34. The number of sulfone groups is 1. The second kappa shape index (κ2) is 10.7. The van der Waals surface area contributed by atoms with Crippen molar-refractivity contribution >= 4 is 44.8 Å². The molecule has 36 heavy (non-hydrogen) atoms. The highest BCUT2D eigenvalue weighted by Gasteiger charge is 2.32. The lowest BCUT2D eigenvalue weighted by molar-refractivity contribution is -0.121. The molecule has 1 heterocycles. The third-order valence-electron chi connectivity index (χ3n) is 5.99. The van der Waals surface area contributed by atoms with Crippen molar-refractivity contribution in [3.63, 3.8) is 0 Å². The van der Waals surface area contributed by atoms with E-state index in [0.717, 1.165) is 19.1 Å². The van der Waals surface area contributed by atoms with Crippen LogP contribution in [-0.4, -0.2) is 44.1 Å². The van der Waals surface area contributed by atoms with Gasteiger partial charge in [0.15, 0.2) is 9.84 Å². The van der Waals surface area contributed by atoms with Gasteiger partial charge in [-0.05, 0) is 67.3 Å². The Balaban J connectivity index is 1.51. The molecule has 1 fully saturated rings. The van der Waals surface area contributed by atoms with Gasteiger partial charge in [0.1, 0.15) is 11.9 Å². The molecule has 3 aromatic rings. The first-order valence-electron chi connectivity index (χ1n) is 11.4. The molecule has 3 aromatic carbocycles. The second-order valence-electron chi connectivity index (χ2n) is 8.59. The van der Waals surface area contributed by atoms with E-state index in [2.05, 4.69) is 10.6 Å². The summed E-state index contributed by atoms with van der Waals surface area (Å²) in [4.78, 5) is 27.5. The molecule has 1 unspecified atom stereocenters. The molecule has 0 spiro atoms. The molecular weight excluding hydrogens is 505 g/mol. The van der Waals surface area contributed by atoms with Crippen LogP contribution in [-0.2, 0) is 14.6 Å². The Kier molecular flexibility index (Phi) is 7.61. The predicted octanol–water partition coefficient (Wildman–Crippen LogP) is 5.57. The number of piperidine rings is 1. The van der Waals surface area contributed by atoms with Crippen LogP contribution in [0.5, 0.6) is 0 Å². The SMILES string of the molecule is CS(=O)(=O)c1ccccc1-c1ccc(NC(=O)C2CCCCN2C(=O)Nc2ccc(Cl)cc2)c(F)c1. The minimum Gasteiger partial charge on any atom is -0.322 e. The van der Waals surface area contributed by atoms with Crippen LogP contribution in [0, 0.1) is 5.82 Å².